The molecule has 6 nitrogen and oxygen atoms in total. The molecule has 3 aromatic heterocycles. The van der Waals surface area contributed by atoms with Crippen molar-refractivity contribution in [2.24, 2.45) is 0 Å². The van der Waals surface area contributed by atoms with E-state index in [1.807, 2.05) is 30.3 Å². The first-order valence-electron chi connectivity index (χ1n) is 7.57. The lowest BCUT2D eigenvalue weighted by Crippen LogP contribution is -2.23. The Balaban J connectivity index is 1.59. The molecule has 3 heterocycles. The van der Waals surface area contributed by atoms with Gasteiger partial charge in [0.2, 0.25) is 0 Å². The maximum absolute atomic E-state index is 12.2. The predicted molar refractivity (Wildman–Crippen MR) is 91.2 cm³/mol. The Morgan fingerprint density at radius 2 is 1.92 bits per heavy atom. The lowest BCUT2D eigenvalue weighted by Gasteiger charge is -2.08. The van der Waals surface area contributed by atoms with E-state index in [9.17, 15) is 4.79 Å². The molecule has 0 atom stereocenters. The zero-order valence-electron chi connectivity index (χ0n) is 13.0. The summed E-state index contributed by atoms with van der Waals surface area (Å²) in [4.78, 5) is 24.6. The summed E-state index contributed by atoms with van der Waals surface area (Å²) < 4.78 is 0. The highest BCUT2D eigenvalue weighted by Gasteiger charge is 2.07. The third-order valence-corrected chi connectivity index (χ3v) is 3.38. The topological polar surface area (TPSA) is 79.8 Å². The fraction of sp³-hybridized carbons (Fsp3) is 0.111. The number of pyridine rings is 3. The van der Waals surface area contributed by atoms with Crippen LogP contribution in [0, 0.1) is 0 Å². The molecular weight excluding hydrogens is 302 g/mol. The first kappa shape index (κ1) is 15.6. The first-order valence-corrected chi connectivity index (χ1v) is 7.57. The second kappa shape index (κ2) is 7.82. The molecule has 0 bridgehead atoms. The maximum Gasteiger partial charge on any atom is 0.253 e. The molecule has 2 N–H and O–H groups in total. The van der Waals surface area contributed by atoms with Crippen LogP contribution in [0.1, 0.15) is 21.6 Å². The minimum absolute atomic E-state index is 0.173. The summed E-state index contributed by atoms with van der Waals surface area (Å²) in [6, 6.07) is 11.3. The van der Waals surface area contributed by atoms with Crippen molar-refractivity contribution in [1.29, 1.82) is 0 Å². The molecule has 0 spiro atoms. The van der Waals surface area contributed by atoms with Crippen molar-refractivity contribution in [3.63, 3.8) is 0 Å². The van der Waals surface area contributed by atoms with Gasteiger partial charge in [-0.15, -0.1) is 0 Å². The Morgan fingerprint density at radius 3 is 2.71 bits per heavy atom. The summed E-state index contributed by atoms with van der Waals surface area (Å²) in [5, 5.41) is 6.07. The number of hydrogen-bond acceptors (Lipinski definition) is 5. The molecular formula is C18H17N5O. The number of anilines is 1. The van der Waals surface area contributed by atoms with Crippen LogP contribution in [-0.4, -0.2) is 20.9 Å². The zero-order valence-corrected chi connectivity index (χ0v) is 13.0. The van der Waals surface area contributed by atoms with Gasteiger partial charge in [-0.1, -0.05) is 12.1 Å². The van der Waals surface area contributed by atoms with E-state index >= 15 is 0 Å². The van der Waals surface area contributed by atoms with E-state index in [1.54, 1.807) is 37.1 Å². The van der Waals surface area contributed by atoms with Crippen LogP contribution in [0.15, 0.2) is 67.4 Å². The molecule has 0 radical (unpaired) electrons. The average Bonchev–Trinajstić information content (AvgIpc) is 2.66. The van der Waals surface area contributed by atoms with Crippen molar-refractivity contribution in [2.45, 2.75) is 13.1 Å². The molecule has 0 saturated carbocycles. The lowest BCUT2D eigenvalue weighted by molar-refractivity contribution is 0.0950. The van der Waals surface area contributed by atoms with Crippen LogP contribution in [0.2, 0.25) is 0 Å². The standard InChI is InChI=1S/C18H17N5O/c24-18(23-10-14-4-3-6-19-9-14)15-8-17(12-20-11-15)22-13-16-5-1-2-7-21-16/h1-9,11-12,22H,10,13H2,(H,23,24). The molecule has 0 aliphatic rings. The Kier molecular flexibility index (Phi) is 5.09. The molecule has 0 saturated heterocycles. The largest absolute Gasteiger partial charge is 0.378 e. The zero-order chi connectivity index (χ0) is 16.6. The highest BCUT2D eigenvalue weighted by Crippen LogP contribution is 2.10. The number of hydrogen-bond donors (Lipinski definition) is 2. The molecule has 0 aromatic carbocycles. The lowest BCUT2D eigenvalue weighted by atomic mass is 10.2. The van der Waals surface area contributed by atoms with Crippen LogP contribution in [0.25, 0.3) is 0 Å². The van der Waals surface area contributed by atoms with E-state index in [4.69, 9.17) is 0 Å². The number of rotatable bonds is 6. The summed E-state index contributed by atoms with van der Waals surface area (Å²) in [5.74, 6) is -0.173. The molecule has 0 aliphatic heterocycles. The SMILES string of the molecule is O=C(NCc1cccnc1)c1cncc(NCc2ccccn2)c1. The number of aromatic nitrogens is 3. The minimum Gasteiger partial charge on any atom is -0.378 e. The van der Waals surface area contributed by atoms with Gasteiger partial charge in [-0.05, 0) is 29.8 Å². The predicted octanol–water partition coefficient (Wildman–Crippen LogP) is 2.41. The molecule has 0 fully saturated rings. The van der Waals surface area contributed by atoms with Crippen LogP contribution in [-0.2, 0) is 13.1 Å². The van der Waals surface area contributed by atoms with Gasteiger partial charge in [0.05, 0.1) is 23.5 Å². The van der Waals surface area contributed by atoms with Gasteiger partial charge in [0.1, 0.15) is 0 Å². The van der Waals surface area contributed by atoms with Gasteiger partial charge in [-0.3, -0.25) is 19.7 Å². The van der Waals surface area contributed by atoms with E-state index < -0.39 is 0 Å². The van der Waals surface area contributed by atoms with Crippen molar-refractivity contribution in [2.75, 3.05) is 5.32 Å². The molecule has 24 heavy (non-hydrogen) atoms. The highest BCUT2D eigenvalue weighted by atomic mass is 16.1. The fourth-order valence-corrected chi connectivity index (χ4v) is 2.14. The van der Waals surface area contributed by atoms with Crippen LogP contribution in [0.4, 0.5) is 5.69 Å². The van der Waals surface area contributed by atoms with E-state index in [1.165, 1.54) is 0 Å². The Morgan fingerprint density at radius 1 is 0.958 bits per heavy atom. The van der Waals surface area contributed by atoms with Gasteiger partial charge in [0.25, 0.3) is 5.91 Å². The molecule has 3 rings (SSSR count). The molecule has 0 aliphatic carbocycles. The smallest absolute Gasteiger partial charge is 0.253 e. The Hall–Kier alpha value is -3.28. The Bertz CT molecular complexity index is 793. The molecule has 1 amide bonds. The second-order valence-corrected chi connectivity index (χ2v) is 5.18. The van der Waals surface area contributed by atoms with Gasteiger partial charge in [-0.25, -0.2) is 0 Å². The molecule has 120 valence electrons. The van der Waals surface area contributed by atoms with Gasteiger partial charge in [0, 0.05) is 37.5 Å². The van der Waals surface area contributed by atoms with Gasteiger partial charge < -0.3 is 10.6 Å². The quantitative estimate of drug-likeness (QED) is 0.729. The summed E-state index contributed by atoms with van der Waals surface area (Å²) in [6.45, 7) is 1.00. The maximum atomic E-state index is 12.2. The highest BCUT2D eigenvalue weighted by molar-refractivity contribution is 5.94. The van der Waals surface area contributed by atoms with Crippen molar-refractivity contribution in [3.05, 3.63) is 84.2 Å². The number of nitrogens with one attached hydrogen (secondary N) is 2. The van der Waals surface area contributed by atoms with Crippen molar-refractivity contribution in [1.82, 2.24) is 20.3 Å². The van der Waals surface area contributed by atoms with E-state index in [-0.39, 0.29) is 5.91 Å². The van der Waals surface area contributed by atoms with E-state index in [0.29, 0.717) is 18.7 Å². The monoisotopic (exact) mass is 319 g/mol. The third kappa shape index (κ3) is 4.36. The van der Waals surface area contributed by atoms with Crippen LogP contribution >= 0.6 is 0 Å². The molecule has 0 unspecified atom stereocenters. The minimum atomic E-state index is -0.173. The van der Waals surface area contributed by atoms with Gasteiger partial charge in [-0.2, -0.15) is 0 Å². The van der Waals surface area contributed by atoms with Crippen molar-refractivity contribution >= 4 is 11.6 Å². The fourth-order valence-electron chi connectivity index (χ4n) is 2.14. The number of nitrogens with zero attached hydrogens (tertiary/aromatic N) is 3. The normalized spacial score (nSPS) is 10.2. The number of carbonyl (C=O) groups excluding carboxylic acids is 1. The summed E-state index contributed by atoms with van der Waals surface area (Å²) in [6.07, 6.45) is 8.40. The summed E-state index contributed by atoms with van der Waals surface area (Å²) in [7, 11) is 0. The van der Waals surface area contributed by atoms with E-state index in [2.05, 4.69) is 25.6 Å². The van der Waals surface area contributed by atoms with Crippen molar-refractivity contribution < 1.29 is 4.79 Å². The molecule has 3 aromatic rings. The second-order valence-electron chi connectivity index (χ2n) is 5.18. The van der Waals surface area contributed by atoms with E-state index in [0.717, 1.165) is 16.9 Å². The summed E-state index contributed by atoms with van der Waals surface area (Å²) >= 11 is 0. The number of amides is 1. The third-order valence-electron chi connectivity index (χ3n) is 3.38. The first-order chi connectivity index (χ1) is 11.8. The average molecular weight is 319 g/mol. The van der Waals surface area contributed by atoms with Crippen LogP contribution < -0.4 is 10.6 Å². The van der Waals surface area contributed by atoms with Crippen LogP contribution in [0.3, 0.4) is 0 Å². The van der Waals surface area contributed by atoms with Gasteiger partial charge >= 0.3 is 0 Å². The van der Waals surface area contributed by atoms with Crippen LogP contribution in [0.5, 0.6) is 0 Å². The van der Waals surface area contributed by atoms with Gasteiger partial charge in [0.15, 0.2) is 0 Å². The number of carbonyl (C=O) groups is 1. The van der Waals surface area contributed by atoms with Crippen molar-refractivity contribution in [3.8, 4) is 0 Å². The summed E-state index contributed by atoms with van der Waals surface area (Å²) in [5.41, 5.74) is 3.15. The Labute approximate surface area is 140 Å². The molecule has 6 heteroatoms.